The summed E-state index contributed by atoms with van der Waals surface area (Å²) < 4.78 is 31.8. The fourth-order valence-corrected chi connectivity index (χ4v) is 4.08. The number of hydrogen-bond donors (Lipinski definition) is 1. The van der Waals surface area contributed by atoms with Crippen LogP contribution in [0.25, 0.3) is 0 Å². The van der Waals surface area contributed by atoms with Gasteiger partial charge in [-0.05, 0) is 51.5 Å². The summed E-state index contributed by atoms with van der Waals surface area (Å²) in [5, 5.41) is 2.80. The van der Waals surface area contributed by atoms with Gasteiger partial charge in [0.2, 0.25) is 10.0 Å². The van der Waals surface area contributed by atoms with E-state index in [4.69, 9.17) is 4.74 Å². The maximum atomic E-state index is 12.6. The number of rotatable bonds is 8. The molecule has 0 spiro atoms. The molecule has 0 saturated heterocycles. The molecule has 0 saturated carbocycles. The highest BCUT2D eigenvalue weighted by atomic mass is 32.2. The Morgan fingerprint density at radius 3 is 2.20 bits per heavy atom. The van der Waals surface area contributed by atoms with E-state index in [0.29, 0.717) is 0 Å². The van der Waals surface area contributed by atoms with Crippen molar-refractivity contribution in [2.24, 2.45) is 0 Å². The van der Waals surface area contributed by atoms with Gasteiger partial charge in [0, 0.05) is 13.1 Å². The van der Waals surface area contributed by atoms with Gasteiger partial charge in [-0.2, -0.15) is 4.31 Å². The minimum absolute atomic E-state index is 0.0112. The van der Waals surface area contributed by atoms with Crippen LogP contribution >= 0.6 is 0 Å². The van der Waals surface area contributed by atoms with Crippen LogP contribution in [-0.2, 0) is 19.6 Å². The number of nitrogens with zero attached hydrogens (tertiary/aromatic N) is 1. The zero-order chi connectivity index (χ0) is 22.5. The number of benzene rings is 2. The summed E-state index contributed by atoms with van der Waals surface area (Å²) in [7, 11) is -2.26. The quantitative estimate of drug-likeness (QED) is 0.647. The number of ether oxygens (including phenoxy) is 1. The van der Waals surface area contributed by atoms with Gasteiger partial charge in [0.05, 0.1) is 16.5 Å². The third-order valence-electron chi connectivity index (χ3n) is 4.79. The van der Waals surface area contributed by atoms with Crippen LogP contribution in [0.2, 0.25) is 0 Å². The average molecular weight is 433 g/mol. The molecule has 0 fully saturated rings. The molecule has 8 heteroatoms. The Kier molecular flexibility index (Phi) is 7.75. The van der Waals surface area contributed by atoms with E-state index in [2.05, 4.69) is 5.32 Å². The average Bonchev–Trinajstić information content (AvgIpc) is 2.73. The van der Waals surface area contributed by atoms with Gasteiger partial charge in [-0.3, -0.25) is 4.79 Å². The lowest BCUT2D eigenvalue weighted by atomic mass is 10.1. The van der Waals surface area contributed by atoms with Crippen LogP contribution in [0.15, 0.2) is 59.5 Å². The molecule has 30 heavy (non-hydrogen) atoms. The molecule has 0 aliphatic carbocycles. The molecule has 0 heterocycles. The van der Waals surface area contributed by atoms with E-state index in [9.17, 15) is 18.0 Å². The molecule has 1 amide bonds. The van der Waals surface area contributed by atoms with Crippen molar-refractivity contribution in [3.8, 4) is 0 Å². The lowest BCUT2D eigenvalue weighted by Crippen LogP contribution is -2.37. The van der Waals surface area contributed by atoms with Gasteiger partial charge in [0.1, 0.15) is 0 Å². The zero-order valence-corrected chi connectivity index (χ0v) is 18.6. The monoisotopic (exact) mass is 432 g/mol. The summed E-state index contributed by atoms with van der Waals surface area (Å²) in [4.78, 5) is 24.9. The highest BCUT2D eigenvalue weighted by molar-refractivity contribution is 7.89. The Hall–Kier alpha value is -2.71. The van der Waals surface area contributed by atoms with Gasteiger partial charge in [0.15, 0.2) is 6.10 Å². The molecule has 2 rings (SSSR count). The second kappa shape index (κ2) is 9.86. The first-order valence-corrected chi connectivity index (χ1v) is 11.1. The number of carbonyl (C=O) groups excluding carboxylic acids is 2. The predicted molar refractivity (Wildman–Crippen MR) is 114 cm³/mol. The van der Waals surface area contributed by atoms with E-state index >= 15 is 0 Å². The van der Waals surface area contributed by atoms with Crippen LogP contribution in [0.4, 0.5) is 0 Å². The second-order valence-corrected chi connectivity index (χ2v) is 9.33. The van der Waals surface area contributed by atoms with E-state index in [1.807, 2.05) is 37.3 Å². The fraction of sp³-hybridized carbons (Fsp3) is 0.364. The summed E-state index contributed by atoms with van der Waals surface area (Å²) in [5.74, 6) is -1.21. The lowest BCUT2D eigenvalue weighted by molar-refractivity contribution is -0.129. The maximum absolute atomic E-state index is 12.6. The summed E-state index contributed by atoms with van der Waals surface area (Å²) in [6, 6.07) is 14.5. The largest absolute Gasteiger partial charge is 0.449 e. The van der Waals surface area contributed by atoms with Crippen LogP contribution in [0.1, 0.15) is 49.7 Å². The van der Waals surface area contributed by atoms with E-state index < -0.39 is 28.0 Å². The van der Waals surface area contributed by atoms with Gasteiger partial charge in [-0.15, -0.1) is 0 Å². The number of sulfonamides is 1. The third-order valence-corrected chi connectivity index (χ3v) is 6.81. The topological polar surface area (TPSA) is 92.8 Å². The van der Waals surface area contributed by atoms with Crippen LogP contribution in [-0.4, -0.2) is 43.8 Å². The Morgan fingerprint density at radius 1 is 0.967 bits per heavy atom. The van der Waals surface area contributed by atoms with Gasteiger partial charge in [-0.1, -0.05) is 36.4 Å². The SMILES string of the molecule is CC(OC(=O)c1cccc(S(=O)(=O)N(C)C(C)C)c1)C(=O)NC(C)c1ccccc1. The minimum Gasteiger partial charge on any atom is -0.449 e. The van der Waals surface area contributed by atoms with Crippen molar-refractivity contribution >= 4 is 21.9 Å². The Balaban J connectivity index is 2.08. The fourth-order valence-electron chi connectivity index (χ4n) is 2.67. The van der Waals surface area contributed by atoms with Gasteiger partial charge < -0.3 is 10.1 Å². The molecule has 1 N–H and O–H groups in total. The summed E-state index contributed by atoms with van der Waals surface area (Å²) in [6.07, 6.45) is -1.04. The van der Waals surface area contributed by atoms with Crippen molar-refractivity contribution in [2.75, 3.05) is 7.05 Å². The van der Waals surface area contributed by atoms with Crippen molar-refractivity contribution in [3.05, 3.63) is 65.7 Å². The smallest absolute Gasteiger partial charge is 0.338 e. The van der Waals surface area contributed by atoms with Crippen LogP contribution < -0.4 is 5.32 Å². The molecule has 0 aliphatic rings. The third kappa shape index (κ3) is 5.67. The molecule has 2 aromatic rings. The van der Waals surface area contributed by atoms with Crippen LogP contribution in [0.5, 0.6) is 0 Å². The number of esters is 1. The Labute approximate surface area is 178 Å². The molecule has 2 aromatic carbocycles. The van der Waals surface area contributed by atoms with Gasteiger partial charge in [0.25, 0.3) is 5.91 Å². The zero-order valence-electron chi connectivity index (χ0n) is 17.8. The number of hydrogen-bond acceptors (Lipinski definition) is 5. The maximum Gasteiger partial charge on any atom is 0.338 e. The Bertz CT molecular complexity index is 990. The molecule has 2 atom stereocenters. The van der Waals surface area contributed by atoms with Gasteiger partial charge in [-0.25, -0.2) is 13.2 Å². The minimum atomic E-state index is -3.74. The van der Waals surface area contributed by atoms with Crippen LogP contribution in [0, 0.1) is 0 Å². The molecule has 0 radical (unpaired) electrons. The van der Waals surface area contributed by atoms with E-state index in [1.165, 1.54) is 42.5 Å². The highest BCUT2D eigenvalue weighted by Crippen LogP contribution is 2.19. The van der Waals surface area contributed by atoms with Crippen molar-refractivity contribution in [1.82, 2.24) is 9.62 Å². The molecular formula is C22H28N2O5S. The van der Waals surface area contributed by atoms with E-state index in [-0.39, 0.29) is 22.5 Å². The molecular weight excluding hydrogens is 404 g/mol. The van der Waals surface area contributed by atoms with Crippen molar-refractivity contribution in [3.63, 3.8) is 0 Å². The molecule has 7 nitrogen and oxygen atoms in total. The normalized spacial score (nSPS) is 13.7. The molecule has 162 valence electrons. The molecule has 0 bridgehead atoms. The second-order valence-electron chi connectivity index (χ2n) is 7.33. The number of amides is 1. The number of nitrogens with one attached hydrogen (secondary N) is 1. The summed E-state index contributed by atoms with van der Waals surface area (Å²) in [5.41, 5.74) is 0.987. The lowest BCUT2D eigenvalue weighted by Gasteiger charge is -2.21. The first-order valence-electron chi connectivity index (χ1n) is 9.68. The Morgan fingerprint density at radius 2 is 1.60 bits per heavy atom. The first-order chi connectivity index (χ1) is 14.0. The molecule has 2 unspecified atom stereocenters. The van der Waals surface area contributed by atoms with Crippen molar-refractivity contribution in [1.29, 1.82) is 0 Å². The summed E-state index contributed by atoms with van der Waals surface area (Å²) >= 11 is 0. The van der Waals surface area contributed by atoms with Crippen molar-refractivity contribution < 1.29 is 22.7 Å². The number of carbonyl (C=O) groups is 2. The van der Waals surface area contributed by atoms with E-state index in [1.54, 1.807) is 13.8 Å². The summed E-state index contributed by atoms with van der Waals surface area (Å²) in [6.45, 7) is 6.82. The van der Waals surface area contributed by atoms with Crippen LogP contribution in [0.3, 0.4) is 0 Å². The van der Waals surface area contributed by atoms with Crippen molar-refractivity contribution in [2.45, 2.75) is 50.8 Å². The first kappa shape index (κ1) is 23.6. The standard InChI is InChI=1S/C22H28N2O5S/c1-15(2)24(5)30(27,28)20-13-9-12-19(14-20)22(26)29-17(4)21(25)23-16(3)18-10-7-6-8-11-18/h6-17H,1-5H3,(H,23,25). The predicted octanol–water partition coefficient (Wildman–Crippen LogP) is 3.14. The van der Waals surface area contributed by atoms with Gasteiger partial charge >= 0.3 is 5.97 Å². The molecule has 0 aromatic heterocycles. The molecule has 0 aliphatic heterocycles. The highest BCUT2D eigenvalue weighted by Gasteiger charge is 2.25. The van der Waals surface area contributed by atoms with E-state index in [0.717, 1.165) is 5.56 Å².